The summed E-state index contributed by atoms with van der Waals surface area (Å²) < 4.78 is 5.91. The molecule has 2 aliphatic heterocycles. The summed E-state index contributed by atoms with van der Waals surface area (Å²) in [6.45, 7) is 10.2. The molecule has 0 aromatic rings. The Balaban J connectivity index is 1.56. The first-order valence-corrected chi connectivity index (χ1v) is 8.62. The molecule has 3 unspecified atom stereocenters. The van der Waals surface area contributed by atoms with Crippen molar-refractivity contribution >= 4 is 0 Å². The summed E-state index contributed by atoms with van der Waals surface area (Å²) in [5, 5.41) is 0. The quantitative estimate of drug-likeness (QED) is 0.851. The van der Waals surface area contributed by atoms with E-state index in [-0.39, 0.29) is 11.0 Å². The zero-order chi connectivity index (χ0) is 15.3. The fourth-order valence-corrected chi connectivity index (χ4v) is 5.01. The molecule has 2 N–H and O–H groups in total. The van der Waals surface area contributed by atoms with Crippen molar-refractivity contribution in [3.8, 4) is 0 Å². The normalized spacial score (nSPS) is 40.3. The molecule has 3 aliphatic rings. The molecular formula is C17H33N3O. The highest BCUT2D eigenvalue weighted by Crippen LogP contribution is 2.58. The molecule has 4 nitrogen and oxygen atoms in total. The Bertz CT molecular complexity index is 376. The molecular weight excluding hydrogens is 262 g/mol. The van der Waals surface area contributed by atoms with E-state index in [0.717, 1.165) is 25.5 Å². The van der Waals surface area contributed by atoms with Crippen LogP contribution in [0.4, 0.5) is 0 Å². The van der Waals surface area contributed by atoms with Gasteiger partial charge in [0.15, 0.2) is 0 Å². The Hall–Kier alpha value is -0.160. The van der Waals surface area contributed by atoms with E-state index in [0.29, 0.717) is 12.0 Å². The van der Waals surface area contributed by atoms with Crippen molar-refractivity contribution in [3.05, 3.63) is 0 Å². The van der Waals surface area contributed by atoms with Gasteiger partial charge in [0.2, 0.25) is 0 Å². The molecule has 3 fully saturated rings. The first kappa shape index (κ1) is 15.7. The third-order valence-corrected chi connectivity index (χ3v) is 6.48. The van der Waals surface area contributed by atoms with Crippen LogP contribution in [0.3, 0.4) is 0 Å². The summed E-state index contributed by atoms with van der Waals surface area (Å²) in [5.74, 6) is 1.44. The van der Waals surface area contributed by atoms with Crippen molar-refractivity contribution in [3.63, 3.8) is 0 Å². The average molecular weight is 295 g/mol. The number of likely N-dealkylation sites (tertiary alicyclic amines) is 1. The van der Waals surface area contributed by atoms with E-state index in [9.17, 15) is 0 Å². The molecule has 0 aromatic carbocycles. The van der Waals surface area contributed by atoms with Gasteiger partial charge >= 0.3 is 0 Å². The van der Waals surface area contributed by atoms with Gasteiger partial charge in [-0.3, -0.25) is 0 Å². The maximum absolute atomic E-state index is 6.88. The smallest absolute Gasteiger partial charge is 0.0691 e. The topological polar surface area (TPSA) is 41.7 Å². The maximum Gasteiger partial charge on any atom is 0.0691 e. The summed E-state index contributed by atoms with van der Waals surface area (Å²) in [6, 6.07) is 0. The van der Waals surface area contributed by atoms with Gasteiger partial charge < -0.3 is 20.3 Å². The molecule has 122 valence electrons. The molecule has 0 radical (unpaired) electrons. The number of piperidine rings is 1. The third kappa shape index (κ3) is 2.54. The first-order valence-electron chi connectivity index (χ1n) is 8.62. The Morgan fingerprint density at radius 2 is 1.86 bits per heavy atom. The monoisotopic (exact) mass is 295 g/mol. The van der Waals surface area contributed by atoms with Crippen LogP contribution >= 0.6 is 0 Å². The highest BCUT2D eigenvalue weighted by molar-refractivity contribution is 5.21. The predicted molar refractivity (Wildman–Crippen MR) is 86.3 cm³/mol. The first-order chi connectivity index (χ1) is 9.84. The highest BCUT2D eigenvalue weighted by atomic mass is 16.5. The predicted octanol–water partition coefficient (Wildman–Crippen LogP) is 1.40. The summed E-state index contributed by atoms with van der Waals surface area (Å²) in [7, 11) is 4.36. The number of ether oxygens (including phenoxy) is 1. The standard InChI is InChI=1S/C17H33N3O/c1-16(2)15-14(7-10-21-15)17(16,18)12-20-8-5-13(6-9-20)11-19(3)4/h13-15H,5-12,18H2,1-4H3. The van der Waals surface area contributed by atoms with Crippen molar-refractivity contribution in [1.29, 1.82) is 0 Å². The summed E-state index contributed by atoms with van der Waals surface area (Å²) in [5.41, 5.74) is 6.95. The Morgan fingerprint density at radius 1 is 1.19 bits per heavy atom. The van der Waals surface area contributed by atoms with Crippen LogP contribution in [-0.2, 0) is 4.74 Å². The van der Waals surface area contributed by atoms with Gasteiger partial charge in [-0.25, -0.2) is 0 Å². The lowest BCUT2D eigenvalue weighted by molar-refractivity contribution is -0.164. The van der Waals surface area contributed by atoms with Crippen molar-refractivity contribution in [2.24, 2.45) is 23.0 Å². The lowest BCUT2D eigenvalue weighted by atomic mass is 9.48. The molecule has 0 aromatic heterocycles. The molecule has 3 atom stereocenters. The second kappa shape index (κ2) is 5.48. The van der Waals surface area contributed by atoms with Crippen LogP contribution in [-0.4, -0.2) is 68.3 Å². The molecule has 0 amide bonds. The minimum atomic E-state index is -0.0530. The van der Waals surface area contributed by atoms with Gasteiger partial charge in [-0.15, -0.1) is 0 Å². The van der Waals surface area contributed by atoms with Gasteiger partial charge in [-0.2, -0.15) is 0 Å². The van der Waals surface area contributed by atoms with Crippen LogP contribution in [0, 0.1) is 17.3 Å². The number of nitrogens with zero attached hydrogens (tertiary/aromatic N) is 2. The summed E-state index contributed by atoms with van der Waals surface area (Å²) >= 11 is 0. The number of hydrogen-bond acceptors (Lipinski definition) is 4. The molecule has 2 heterocycles. The van der Waals surface area contributed by atoms with E-state index >= 15 is 0 Å². The van der Waals surface area contributed by atoms with Gasteiger partial charge in [-0.1, -0.05) is 13.8 Å². The van der Waals surface area contributed by atoms with E-state index in [2.05, 4.69) is 37.7 Å². The average Bonchev–Trinajstić information content (AvgIpc) is 2.89. The second-order valence-electron chi connectivity index (χ2n) is 8.43. The molecule has 1 aliphatic carbocycles. The van der Waals surface area contributed by atoms with Crippen LogP contribution in [0.15, 0.2) is 0 Å². The summed E-state index contributed by atoms with van der Waals surface area (Å²) in [6.07, 6.45) is 4.19. The van der Waals surface area contributed by atoms with Gasteiger partial charge in [0.1, 0.15) is 0 Å². The van der Waals surface area contributed by atoms with Crippen LogP contribution < -0.4 is 5.73 Å². The lowest BCUT2D eigenvalue weighted by Gasteiger charge is -2.63. The van der Waals surface area contributed by atoms with E-state index in [1.54, 1.807) is 0 Å². The number of rotatable bonds is 4. The maximum atomic E-state index is 6.88. The number of hydrogen-bond donors (Lipinski definition) is 1. The highest BCUT2D eigenvalue weighted by Gasteiger charge is 2.67. The van der Waals surface area contributed by atoms with E-state index in [1.165, 1.54) is 32.5 Å². The molecule has 1 saturated carbocycles. The lowest BCUT2D eigenvalue weighted by Crippen LogP contribution is -2.78. The molecule has 21 heavy (non-hydrogen) atoms. The zero-order valence-corrected chi connectivity index (χ0v) is 14.3. The van der Waals surface area contributed by atoms with Crippen molar-refractivity contribution < 1.29 is 4.74 Å². The SMILES string of the molecule is CN(C)CC1CCN(CC2(N)C3CCOC3C2(C)C)CC1. The van der Waals surface area contributed by atoms with Gasteiger partial charge in [0, 0.05) is 36.6 Å². The number of fused-ring (bicyclic) bond motifs is 1. The zero-order valence-electron chi connectivity index (χ0n) is 14.3. The van der Waals surface area contributed by atoms with Gasteiger partial charge in [0.05, 0.1) is 6.10 Å². The third-order valence-electron chi connectivity index (χ3n) is 6.48. The largest absolute Gasteiger partial charge is 0.377 e. The Labute approximate surface area is 130 Å². The Morgan fingerprint density at radius 3 is 2.48 bits per heavy atom. The minimum absolute atomic E-state index is 0.0530. The van der Waals surface area contributed by atoms with Crippen LogP contribution in [0.1, 0.15) is 33.1 Å². The molecule has 0 spiro atoms. The van der Waals surface area contributed by atoms with E-state index in [4.69, 9.17) is 10.5 Å². The molecule has 2 saturated heterocycles. The van der Waals surface area contributed by atoms with Crippen LogP contribution in [0.2, 0.25) is 0 Å². The number of nitrogens with two attached hydrogens (primary N) is 1. The fraction of sp³-hybridized carbons (Fsp3) is 1.00. The molecule has 4 heteroatoms. The Kier molecular flexibility index (Phi) is 4.11. The van der Waals surface area contributed by atoms with E-state index in [1.807, 2.05) is 0 Å². The fourth-order valence-electron chi connectivity index (χ4n) is 5.01. The van der Waals surface area contributed by atoms with Crippen LogP contribution in [0.25, 0.3) is 0 Å². The second-order valence-corrected chi connectivity index (χ2v) is 8.43. The van der Waals surface area contributed by atoms with Crippen molar-refractivity contribution in [1.82, 2.24) is 9.80 Å². The summed E-state index contributed by atoms with van der Waals surface area (Å²) in [4.78, 5) is 4.93. The van der Waals surface area contributed by atoms with E-state index < -0.39 is 0 Å². The van der Waals surface area contributed by atoms with Crippen LogP contribution in [0.5, 0.6) is 0 Å². The van der Waals surface area contributed by atoms with Gasteiger partial charge in [-0.05, 0) is 52.4 Å². The van der Waals surface area contributed by atoms with Crippen molar-refractivity contribution in [2.75, 3.05) is 46.9 Å². The minimum Gasteiger partial charge on any atom is -0.377 e. The van der Waals surface area contributed by atoms with Gasteiger partial charge in [0.25, 0.3) is 0 Å². The molecule has 0 bridgehead atoms. The molecule has 3 rings (SSSR count). The van der Waals surface area contributed by atoms with Crippen molar-refractivity contribution in [2.45, 2.75) is 44.8 Å².